The number of anilines is 1. The topological polar surface area (TPSA) is 77.0 Å². The summed E-state index contributed by atoms with van der Waals surface area (Å²) >= 11 is 1.57. The first-order valence-corrected chi connectivity index (χ1v) is 10.4. The van der Waals surface area contributed by atoms with E-state index in [1.165, 1.54) is 5.56 Å². The van der Waals surface area contributed by atoms with Crippen molar-refractivity contribution < 1.29 is 9.53 Å². The van der Waals surface area contributed by atoms with Gasteiger partial charge in [-0.2, -0.15) is 0 Å². The van der Waals surface area contributed by atoms with Crippen LogP contribution in [0.25, 0.3) is 0 Å². The number of rotatable bonds is 8. The molecule has 1 amide bonds. The molecule has 0 aliphatic heterocycles. The van der Waals surface area contributed by atoms with Gasteiger partial charge in [-0.25, -0.2) is 9.97 Å². The second-order valence-corrected chi connectivity index (χ2v) is 7.56. The maximum Gasteiger partial charge on any atom is 0.231 e. The average molecular weight is 417 g/mol. The molecule has 0 radical (unpaired) electrons. The first-order valence-electron chi connectivity index (χ1n) is 9.50. The van der Waals surface area contributed by atoms with Gasteiger partial charge >= 0.3 is 0 Å². The van der Waals surface area contributed by atoms with E-state index in [2.05, 4.69) is 32.4 Å². The largest absolute Gasteiger partial charge is 0.485 e. The van der Waals surface area contributed by atoms with Crippen molar-refractivity contribution in [1.82, 2.24) is 15.0 Å². The lowest BCUT2D eigenvalue weighted by Crippen LogP contribution is -2.16. The molecule has 0 saturated heterocycles. The Bertz CT molecular complexity index is 1100. The Morgan fingerprint density at radius 1 is 0.967 bits per heavy atom. The van der Waals surface area contributed by atoms with Crippen LogP contribution in [0.4, 0.5) is 5.82 Å². The van der Waals surface area contributed by atoms with Crippen LogP contribution >= 0.6 is 11.3 Å². The molecule has 0 fully saturated rings. The third-order valence-electron chi connectivity index (χ3n) is 4.31. The van der Waals surface area contributed by atoms with Crippen molar-refractivity contribution in [3.8, 4) is 5.75 Å². The van der Waals surface area contributed by atoms with E-state index in [4.69, 9.17) is 4.74 Å². The summed E-state index contributed by atoms with van der Waals surface area (Å²) in [7, 11) is 0. The fraction of sp³-hybridized carbons (Fsp3) is 0.130. The lowest BCUT2D eigenvalue weighted by atomic mass is 10.2. The van der Waals surface area contributed by atoms with Gasteiger partial charge in [0.05, 0.1) is 17.1 Å². The molecule has 0 atom stereocenters. The highest BCUT2D eigenvalue weighted by Gasteiger charge is 2.12. The Morgan fingerprint density at radius 3 is 2.63 bits per heavy atom. The lowest BCUT2D eigenvalue weighted by molar-refractivity contribution is -0.115. The lowest BCUT2D eigenvalue weighted by Gasteiger charge is -2.11. The van der Waals surface area contributed by atoms with Crippen molar-refractivity contribution in [1.29, 1.82) is 0 Å². The normalized spacial score (nSPS) is 10.5. The second-order valence-electron chi connectivity index (χ2n) is 6.61. The van der Waals surface area contributed by atoms with Crippen LogP contribution in [0.1, 0.15) is 21.8 Å². The average Bonchev–Trinajstić information content (AvgIpc) is 3.21. The molecule has 30 heavy (non-hydrogen) atoms. The number of carbonyl (C=O) groups is 1. The summed E-state index contributed by atoms with van der Waals surface area (Å²) in [5, 5.41) is 5.75. The van der Waals surface area contributed by atoms with Gasteiger partial charge in [0.25, 0.3) is 0 Å². The number of hydrogen-bond acceptors (Lipinski definition) is 6. The molecule has 0 aliphatic rings. The minimum atomic E-state index is -0.181. The van der Waals surface area contributed by atoms with E-state index in [1.54, 1.807) is 42.1 Å². The number of hydrogen-bond donors (Lipinski definition) is 1. The number of benzene rings is 1. The number of thiazole rings is 1. The highest BCUT2D eigenvalue weighted by atomic mass is 32.1. The van der Waals surface area contributed by atoms with Gasteiger partial charge in [0.2, 0.25) is 5.91 Å². The number of nitrogens with one attached hydrogen (secondary N) is 1. The summed E-state index contributed by atoms with van der Waals surface area (Å²) in [5.74, 6) is 0.737. The molecule has 0 spiro atoms. The van der Waals surface area contributed by atoms with Gasteiger partial charge in [-0.3, -0.25) is 9.78 Å². The van der Waals surface area contributed by atoms with E-state index in [1.807, 2.05) is 35.7 Å². The molecular weight excluding hydrogens is 396 g/mol. The number of pyridine rings is 2. The van der Waals surface area contributed by atoms with Gasteiger partial charge in [0.15, 0.2) is 11.6 Å². The van der Waals surface area contributed by atoms with Gasteiger partial charge in [-0.15, -0.1) is 11.3 Å². The van der Waals surface area contributed by atoms with Crippen LogP contribution in [0.2, 0.25) is 0 Å². The molecule has 0 saturated carbocycles. The Hall–Kier alpha value is -3.58. The fourth-order valence-corrected chi connectivity index (χ4v) is 3.69. The number of carbonyl (C=O) groups excluding carboxylic acids is 1. The van der Waals surface area contributed by atoms with Gasteiger partial charge in [-0.1, -0.05) is 30.3 Å². The van der Waals surface area contributed by atoms with Crippen molar-refractivity contribution in [2.75, 3.05) is 5.32 Å². The highest BCUT2D eigenvalue weighted by Crippen LogP contribution is 2.22. The third-order valence-corrected chi connectivity index (χ3v) is 5.21. The predicted octanol–water partition coefficient (Wildman–Crippen LogP) is 4.28. The van der Waals surface area contributed by atoms with Crippen molar-refractivity contribution in [2.24, 2.45) is 0 Å². The Labute approximate surface area is 178 Å². The molecule has 3 aromatic heterocycles. The van der Waals surface area contributed by atoms with E-state index in [0.29, 0.717) is 18.2 Å². The molecule has 3 heterocycles. The quantitative estimate of drug-likeness (QED) is 0.464. The summed E-state index contributed by atoms with van der Waals surface area (Å²) in [6.45, 7) is 0.367. The zero-order chi connectivity index (χ0) is 20.6. The van der Waals surface area contributed by atoms with Crippen LogP contribution in [0, 0.1) is 0 Å². The Kier molecular flexibility index (Phi) is 6.41. The molecule has 7 heteroatoms. The minimum absolute atomic E-state index is 0.181. The van der Waals surface area contributed by atoms with Crippen LogP contribution in [-0.4, -0.2) is 20.9 Å². The number of ether oxygens (including phenoxy) is 1. The zero-order valence-corrected chi connectivity index (χ0v) is 17.0. The van der Waals surface area contributed by atoms with Crippen LogP contribution in [0.15, 0.2) is 78.6 Å². The number of amides is 1. The zero-order valence-electron chi connectivity index (χ0n) is 16.2. The monoisotopic (exact) mass is 416 g/mol. The van der Waals surface area contributed by atoms with Crippen molar-refractivity contribution in [3.05, 3.63) is 100 Å². The van der Waals surface area contributed by atoms with E-state index in [-0.39, 0.29) is 12.3 Å². The summed E-state index contributed by atoms with van der Waals surface area (Å²) < 4.78 is 5.83. The third kappa shape index (κ3) is 5.48. The minimum Gasteiger partial charge on any atom is -0.485 e. The molecule has 0 bridgehead atoms. The van der Waals surface area contributed by atoms with Gasteiger partial charge in [-0.05, 0) is 35.4 Å². The summed E-state index contributed by atoms with van der Waals surface area (Å²) in [6, 6.07) is 17.5. The molecule has 150 valence electrons. The Morgan fingerprint density at radius 2 is 1.80 bits per heavy atom. The SMILES string of the molecule is O=C(Cc1csc(Cc2ccccc2)n1)Nc1ncccc1OCc1ccncc1. The first kappa shape index (κ1) is 19.7. The van der Waals surface area contributed by atoms with Crippen LogP contribution in [0.5, 0.6) is 5.75 Å². The van der Waals surface area contributed by atoms with Crippen LogP contribution in [0.3, 0.4) is 0 Å². The maximum atomic E-state index is 12.5. The fourth-order valence-electron chi connectivity index (χ4n) is 2.86. The standard InChI is InChI=1S/C23H20N4O2S/c28-21(14-19-16-30-22(26-19)13-17-5-2-1-3-6-17)27-23-20(7-4-10-25-23)29-15-18-8-11-24-12-9-18/h1-12,16H,13-15H2,(H,25,27,28). The van der Waals surface area contributed by atoms with Crippen molar-refractivity contribution in [3.63, 3.8) is 0 Å². The van der Waals surface area contributed by atoms with Crippen LogP contribution in [-0.2, 0) is 24.2 Å². The molecule has 4 rings (SSSR count). The maximum absolute atomic E-state index is 12.5. The molecule has 4 aromatic rings. The van der Waals surface area contributed by atoms with E-state index in [0.717, 1.165) is 22.7 Å². The summed E-state index contributed by atoms with van der Waals surface area (Å²) in [5.41, 5.74) is 2.94. The molecule has 0 unspecified atom stereocenters. The van der Waals surface area contributed by atoms with E-state index in [9.17, 15) is 4.79 Å². The van der Waals surface area contributed by atoms with Gasteiger partial charge < -0.3 is 10.1 Å². The molecule has 0 aliphatic carbocycles. The molecule has 1 aromatic carbocycles. The van der Waals surface area contributed by atoms with Gasteiger partial charge in [0, 0.05) is 30.4 Å². The molecule has 6 nitrogen and oxygen atoms in total. The predicted molar refractivity (Wildman–Crippen MR) is 117 cm³/mol. The summed E-state index contributed by atoms with van der Waals surface area (Å²) in [6.07, 6.45) is 6.00. The van der Waals surface area contributed by atoms with Crippen molar-refractivity contribution >= 4 is 23.1 Å². The van der Waals surface area contributed by atoms with Gasteiger partial charge in [0.1, 0.15) is 6.61 Å². The molecular formula is C23H20N4O2S. The Balaban J connectivity index is 1.35. The first-order chi connectivity index (χ1) is 14.8. The van der Waals surface area contributed by atoms with E-state index >= 15 is 0 Å². The smallest absolute Gasteiger partial charge is 0.231 e. The number of aromatic nitrogens is 3. The second kappa shape index (κ2) is 9.76. The number of nitrogens with zero attached hydrogens (tertiary/aromatic N) is 3. The van der Waals surface area contributed by atoms with E-state index < -0.39 is 0 Å². The van der Waals surface area contributed by atoms with Crippen LogP contribution < -0.4 is 10.1 Å². The highest BCUT2D eigenvalue weighted by molar-refractivity contribution is 7.09. The summed E-state index contributed by atoms with van der Waals surface area (Å²) in [4.78, 5) is 25.3. The molecule has 1 N–H and O–H groups in total. The van der Waals surface area contributed by atoms with Crippen molar-refractivity contribution in [2.45, 2.75) is 19.4 Å².